The van der Waals surface area contributed by atoms with Crippen molar-refractivity contribution in [1.82, 2.24) is 25.3 Å². The molecule has 1 aromatic rings. The summed E-state index contributed by atoms with van der Waals surface area (Å²) >= 11 is 0. The van der Waals surface area contributed by atoms with Gasteiger partial charge in [0.1, 0.15) is 0 Å². The van der Waals surface area contributed by atoms with Gasteiger partial charge < -0.3 is 24.5 Å². The molecule has 0 aromatic carbocycles. The van der Waals surface area contributed by atoms with Crippen molar-refractivity contribution in [2.45, 2.75) is 19.0 Å². The average Bonchev–Trinajstić information content (AvgIpc) is 3.08. The smallest absolute Gasteiger partial charge is 0.265 e. The van der Waals surface area contributed by atoms with Gasteiger partial charge in [-0.1, -0.05) is 0 Å². The van der Waals surface area contributed by atoms with Crippen LogP contribution in [-0.2, 0) is 16.1 Å². The molecule has 0 saturated carbocycles. The van der Waals surface area contributed by atoms with E-state index in [1.165, 1.54) is 0 Å². The summed E-state index contributed by atoms with van der Waals surface area (Å²) in [5, 5.41) is 6.56. The first-order chi connectivity index (χ1) is 10.9. The van der Waals surface area contributed by atoms with E-state index in [1.807, 2.05) is 26.0 Å². The minimum Gasteiger partial charge on any atom is -0.347 e. The van der Waals surface area contributed by atoms with Crippen molar-refractivity contribution in [2.75, 3.05) is 45.7 Å². The molecule has 1 unspecified atom stereocenters. The molecule has 2 amide bonds. The van der Waals surface area contributed by atoms with Gasteiger partial charge in [-0.15, -0.1) is 0 Å². The predicted molar refractivity (Wildman–Crippen MR) is 81.6 cm³/mol. The van der Waals surface area contributed by atoms with Crippen molar-refractivity contribution in [1.29, 1.82) is 0 Å². The van der Waals surface area contributed by atoms with Crippen molar-refractivity contribution in [3.05, 3.63) is 5.89 Å². The fraction of sp³-hybridized carbons (Fsp3) is 0.714. The molecule has 0 spiro atoms. The molecular weight excluding hydrogens is 300 g/mol. The van der Waals surface area contributed by atoms with Crippen molar-refractivity contribution in [2.24, 2.45) is 5.92 Å². The highest BCUT2D eigenvalue weighted by molar-refractivity contribution is 5.89. The molecule has 126 valence electrons. The van der Waals surface area contributed by atoms with Crippen LogP contribution in [0.3, 0.4) is 0 Å². The van der Waals surface area contributed by atoms with Gasteiger partial charge in [0.05, 0.1) is 18.5 Å². The summed E-state index contributed by atoms with van der Waals surface area (Å²) in [6.07, 6.45) is 0.277. The molecule has 1 atom stereocenters. The first kappa shape index (κ1) is 15.7. The number of aromatic nitrogens is 2. The Morgan fingerprint density at radius 2 is 2.13 bits per heavy atom. The molecule has 2 aliphatic rings. The van der Waals surface area contributed by atoms with Crippen LogP contribution in [0.4, 0.5) is 5.95 Å². The molecule has 0 radical (unpaired) electrons. The normalized spacial score (nSPS) is 22.3. The molecule has 9 heteroatoms. The molecular formula is C14H22N6O3. The third kappa shape index (κ3) is 3.29. The number of amides is 2. The van der Waals surface area contributed by atoms with E-state index in [2.05, 4.69) is 20.4 Å². The van der Waals surface area contributed by atoms with Crippen LogP contribution in [0.15, 0.2) is 4.52 Å². The zero-order chi connectivity index (χ0) is 16.6. The fourth-order valence-corrected chi connectivity index (χ4v) is 2.93. The second-order valence-corrected chi connectivity index (χ2v) is 6.42. The standard InChI is InChI=1S/C14H22N6O3/c1-18(2)14-16-11(23-17-14)5-15-13(22)9-4-12(21)20(6-9)10-7-19(3)8-10/h9-10H,4-8H2,1-3H3,(H,15,22). The number of likely N-dealkylation sites (N-methyl/N-ethyl adjacent to an activating group) is 1. The molecule has 3 heterocycles. The first-order valence-corrected chi connectivity index (χ1v) is 7.69. The van der Waals surface area contributed by atoms with Gasteiger partial charge in [-0.2, -0.15) is 4.98 Å². The Balaban J connectivity index is 1.49. The van der Waals surface area contributed by atoms with E-state index in [0.717, 1.165) is 13.1 Å². The molecule has 1 N–H and O–H groups in total. The van der Waals surface area contributed by atoms with Crippen LogP contribution in [-0.4, -0.2) is 78.6 Å². The quantitative estimate of drug-likeness (QED) is 0.736. The van der Waals surface area contributed by atoms with Crippen molar-refractivity contribution >= 4 is 17.8 Å². The predicted octanol–water partition coefficient (Wildman–Crippen LogP) is -1.09. The van der Waals surface area contributed by atoms with Crippen LogP contribution in [0.5, 0.6) is 0 Å². The highest BCUT2D eigenvalue weighted by Gasteiger charge is 2.41. The van der Waals surface area contributed by atoms with Crippen LogP contribution >= 0.6 is 0 Å². The lowest BCUT2D eigenvalue weighted by Crippen LogP contribution is -2.58. The second kappa shape index (κ2) is 6.15. The van der Waals surface area contributed by atoms with Gasteiger partial charge in [-0.3, -0.25) is 9.59 Å². The lowest BCUT2D eigenvalue weighted by molar-refractivity contribution is -0.132. The van der Waals surface area contributed by atoms with Gasteiger partial charge in [0.15, 0.2) is 0 Å². The molecule has 2 aliphatic heterocycles. The Morgan fingerprint density at radius 1 is 1.39 bits per heavy atom. The summed E-state index contributed by atoms with van der Waals surface area (Å²) in [4.78, 5) is 34.2. The zero-order valence-electron chi connectivity index (χ0n) is 13.7. The first-order valence-electron chi connectivity index (χ1n) is 7.69. The van der Waals surface area contributed by atoms with E-state index in [-0.39, 0.29) is 36.7 Å². The van der Waals surface area contributed by atoms with E-state index in [1.54, 1.807) is 4.90 Å². The van der Waals surface area contributed by atoms with Gasteiger partial charge >= 0.3 is 0 Å². The Bertz CT molecular complexity index is 595. The molecule has 3 rings (SSSR count). The van der Waals surface area contributed by atoms with Gasteiger partial charge in [0.25, 0.3) is 5.95 Å². The number of hydrogen-bond donors (Lipinski definition) is 1. The zero-order valence-corrected chi connectivity index (χ0v) is 13.7. The number of nitrogens with one attached hydrogen (secondary N) is 1. The monoisotopic (exact) mass is 322 g/mol. The summed E-state index contributed by atoms with van der Waals surface area (Å²) in [6, 6.07) is 0.254. The minimum atomic E-state index is -0.301. The lowest BCUT2D eigenvalue weighted by Gasteiger charge is -2.42. The Hall–Kier alpha value is -2.16. The van der Waals surface area contributed by atoms with Crippen molar-refractivity contribution in [3.63, 3.8) is 0 Å². The lowest BCUT2D eigenvalue weighted by atomic mass is 10.1. The van der Waals surface area contributed by atoms with Gasteiger partial charge in [0.2, 0.25) is 17.7 Å². The van der Waals surface area contributed by atoms with Crippen LogP contribution in [0.1, 0.15) is 12.3 Å². The molecule has 0 bridgehead atoms. The highest BCUT2D eigenvalue weighted by Crippen LogP contribution is 2.24. The summed E-state index contributed by atoms with van der Waals surface area (Å²) in [5.74, 6) is 0.438. The Labute approximate surface area is 134 Å². The number of likely N-dealkylation sites (tertiary alicyclic amines) is 2. The van der Waals surface area contributed by atoms with E-state index in [0.29, 0.717) is 18.4 Å². The van der Waals surface area contributed by atoms with Crippen molar-refractivity contribution < 1.29 is 14.1 Å². The van der Waals surface area contributed by atoms with Crippen LogP contribution in [0, 0.1) is 5.92 Å². The van der Waals surface area contributed by atoms with E-state index < -0.39 is 0 Å². The maximum atomic E-state index is 12.2. The van der Waals surface area contributed by atoms with E-state index in [4.69, 9.17) is 4.52 Å². The third-order valence-electron chi connectivity index (χ3n) is 4.29. The number of anilines is 1. The Kier molecular flexibility index (Phi) is 4.20. The maximum Gasteiger partial charge on any atom is 0.265 e. The minimum absolute atomic E-state index is 0.0657. The van der Waals surface area contributed by atoms with Crippen LogP contribution in [0.25, 0.3) is 0 Å². The molecule has 1 aromatic heterocycles. The molecule has 2 fully saturated rings. The third-order valence-corrected chi connectivity index (χ3v) is 4.29. The molecule has 23 heavy (non-hydrogen) atoms. The topological polar surface area (TPSA) is 94.8 Å². The summed E-state index contributed by atoms with van der Waals surface area (Å²) in [5.41, 5.74) is 0. The van der Waals surface area contributed by atoms with Crippen LogP contribution < -0.4 is 10.2 Å². The van der Waals surface area contributed by atoms with Gasteiger partial charge in [-0.25, -0.2) is 0 Å². The van der Waals surface area contributed by atoms with Gasteiger partial charge in [-0.05, 0) is 12.2 Å². The number of nitrogens with zero attached hydrogens (tertiary/aromatic N) is 5. The molecule has 9 nitrogen and oxygen atoms in total. The summed E-state index contributed by atoms with van der Waals surface area (Å²) < 4.78 is 5.06. The molecule has 2 saturated heterocycles. The van der Waals surface area contributed by atoms with Crippen LogP contribution in [0.2, 0.25) is 0 Å². The summed E-state index contributed by atoms with van der Waals surface area (Å²) in [7, 11) is 5.64. The van der Waals surface area contributed by atoms with E-state index in [9.17, 15) is 9.59 Å². The number of carbonyl (C=O) groups is 2. The van der Waals surface area contributed by atoms with Crippen molar-refractivity contribution in [3.8, 4) is 0 Å². The fourth-order valence-electron chi connectivity index (χ4n) is 2.93. The molecule has 0 aliphatic carbocycles. The Morgan fingerprint density at radius 3 is 2.74 bits per heavy atom. The highest BCUT2D eigenvalue weighted by atomic mass is 16.5. The largest absolute Gasteiger partial charge is 0.347 e. The van der Waals surface area contributed by atoms with E-state index >= 15 is 0 Å². The number of hydrogen-bond acceptors (Lipinski definition) is 7. The average molecular weight is 322 g/mol. The summed E-state index contributed by atoms with van der Waals surface area (Å²) in [6.45, 7) is 2.44. The van der Waals surface area contributed by atoms with Gasteiger partial charge in [0, 0.05) is 40.2 Å². The second-order valence-electron chi connectivity index (χ2n) is 6.42. The SMILES string of the molecule is CN1CC(N2CC(C(=O)NCc3nc(N(C)C)no3)CC2=O)C1. The number of rotatable bonds is 5. The maximum absolute atomic E-state index is 12.2. The number of carbonyl (C=O) groups excluding carboxylic acids is 2.